The van der Waals surface area contributed by atoms with Crippen LogP contribution in [0.1, 0.15) is 12.0 Å². The molecule has 0 saturated heterocycles. The lowest BCUT2D eigenvalue weighted by molar-refractivity contribution is -0.343. The number of hydrogen-bond donors (Lipinski definition) is 0. The summed E-state index contributed by atoms with van der Waals surface area (Å²) in [5, 5.41) is 0. The molecular weight excluding hydrogens is 375 g/mol. The Hall–Kier alpha value is -2.33. The molecule has 1 aliphatic heterocycles. The Bertz CT molecular complexity index is 907. The Morgan fingerprint density at radius 2 is 1.92 bits per heavy atom. The maximum Gasteiger partial charge on any atom is 0.524 e. The number of rotatable bonds is 4. The number of benzene rings is 1. The molecule has 1 aromatic carbocycles. The highest BCUT2D eigenvalue weighted by Crippen LogP contribution is 2.42. The zero-order chi connectivity index (χ0) is 19.2. The molecule has 0 bridgehead atoms. The van der Waals surface area contributed by atoms with Gasteiger partial charge in [0.05, 0.1) is 19.2 Å². The molecule has 6 nitrogen and oxygen atoms in total. The first-order valence-electron chi connectivity index (χ1n) is 7.45. The van der Waals surface area contributed by atoms with Crippen molar-refractivity contribution in [2.24, 2.45) is 0 Å². The van der Waals surface area contributed by atoms with Crippen LogP contribution in [0.5, 0.6) is 0 Å². The van der Waals surface area contributed by atoms with Crippen LogP contribution in [-0.4, -0.2) is 32.7 Å². The number of para-hydroxylation sites is 1. The zero-order valence-corrected chi connectivity index (χ0v) is 14.3. The summed E-state index contributed by atoms with van der Waals surface area (Å²) < 4.78 is 74.5. The van der Waals surface area contributed by atoms with E-state index in [-0.39, 0.29) is 17.9 Å². The summed E-state index contributed by atoms with van der Waals surface area (Å²) in [7, 11) is -3.60. The number of nitrogens with zero attached hydrogens (tertiary/aromatic N) is 1. The van der Waals surface area contributed by atoms with Crippen molar-refractivity contribution in [1.82, 2.24) is 0 Å². The Morgan fingerprint density at radius 1 is 1.23 bits per heavy atom. The van der Waals surface area contributed by atoms with Gasteiger partial charge in [-0.25, -0.2) is 12.7 Å². The number of sulfonamides is 1. The molecule has 1 amide bonds. The summed E-state index contributed by atoms with van der Waals surface area (Å²) in [4.78, 5) is 9.49. The molecule has 26 heavy (non-hydrogen) atoms. The first-order chi connectivity index (χ1) is 12.1. The topological polar surface area (TPSA) is 72.9 Å². The number of amides is 1. The van der Waals surface area contributed by atoms with Crippen molar-refractivity contribution in [3.05, 3.63) is 53.8 Å². The normalized spacial score (nSPS) is 23.0. The Kier molecular flexibility index (Phi) is 4.35. The summed E-state index contributed by atoms with van der Waals surface area (Å²) in [5.41, 5.74) is 0.439. The van der Waals surface area contributed by atoms with Crippen molar-refractivity contribution in [2.75, 3.05) is 11.4 Å². The van der Waals surface area contributed by atoms with Gasteiger partial charge in [0.25, 0.3) is 10.0 Å². The highest BCUT2D eigenvalue weighted by Gasteiger charge is 2.56. The Balaban J connectivity index is 2.11. The number of carbonyl (C=O) groups is 1. The maximum atomic E-state index is 13.1. The van der Waals surface area contributed by atoms with Gasteiger partial charge in [0, 0.05) is 6.42 Å². The van der Waals surface area contributed by atoms with E-state index in [1.807, 2.05) is 0 Å². The van der Waals surface area contributed by atoms with Crippen molar-refractivity contribution < 1.29 is 35.9 Å². The van der Waals surface area contributed by atoms with Gasteiger partial charge in [0.15, 0.2) is 0 Å². The van der Waals surface area contributed by atoms with Crippen molar-refractivity contribution >= 4 is 21.6 Å². The van der Waals surface area contributed by atoms with E-state index in [1.54, 1.807) is 12.1 Å². The lowest BCUT2D eigenvalue weighted by atomic mass is 10.1. The molecule has 1 heterocycles. The Morgan fingerprint density at radius 3 is 2.50 bits per heavy atom. The molecule has 1 atom stereocenters. The molecule has 0 fully saturated rings. The molecule has 0 radical (unpaired) electrons. The maximum absolute atomic E-state index is 13.1. The van der Waals surface area contributed by atoms with E-state index in [2.05, 4.69) is 4.74 Å². The van der Waals surface area contributed by atoms with Crippen LogP contribution >= 0.6 is 0 Å². The summed E-state index contributed by atoms with van der Waals surface area (Å²) in [6.07, 6.45) is -3.14. The predicted octanol–water partition coefficient (Wildman–Crippen LogP) is 2.63. The molecule has 2 aliphatic rings. The fraction of sp³-hybridized carbons (Fsp3) is 0.312. The van der Waals surface area contributed by atoms with Crippen LogP contribution in [-0.2, 0) is 30.7 Å². The summed E-state index contributed by atoms with van der Waals surface area (Å²) in [5.74, 6) is -0.652. The smallest absolute Gasteiger partial charge is 0.497 e. The third-order valence-corrected chi connectivity index (χ3v) is 6.21. The van der Waals surface area contributed by atoms with Crippen LogP contribution in [0.3, 0.4) is 0 Å². The first-order valence-corrected chi connectivity index (χ1v) is 8.89. The van der Waals surface area contributed by atoms with E-state index in [0.717, 1.165) is 18.2 Å². The second kappa shape index (κ2) is 6.13. The van der Waals surface area contributed by atoms with E-state index in [1.165, 1.54) is 19.2 Å². The van der Waals surface area contributed by atoms with E-state index in [9.17, 15) is 26.4 Å². The number of hydrogen-bond acceptors (Lipinski definition) is 5. The fourth-order valence-corrected chi connectivity index (χ4v) is 4.71. The molecule has 0 saturated carbocycles. The fourth-order valence-electron chi connectivity index (χ4n) is 2.90. The zero-order valence-electron chi connectivity index (χ0n) is 13.5. The largest absolute Gasteiger partial charge is 0.524 e. The van der Waals surface area contributed by atoms with E-state index < -0.39 is 33.6 Å². The van der Waals surface area contributed by atoms with Gasteiger partial charge in [-0.2, -0.15) is 0 Å². The van der Waals surface area contributed by atoms with Crippen LogP contribution in [0.25, 0.3) is 0 Å². The lowest BCUT2D eigenvalue weighted by Crippen LogP contribution is -2.53. The molecule has 0 N–H and O–H groups in total. The molecule has 140 valence electrons. The molecular formula is C16H14F3NO5S. The van der Waals surface area contributed by atoms with Crippen LogP contribution < -0.4 is 4.31 Å². The highest BCUT2D eigenvalue weighted by molar-refractivity contribution is 7.95. The van der Waals surface area contributed by atoms with Crippen LogP contribution in [0, 0.1) is 0 Å². The number of fused-ring (bicyclic) bond motifs is 1. The molecule has 1 aromatic rings. The lowest BCUT2D eigenvalue weighted by Gasteiger charge is -2.35. The van der Waals surface area contributed by atoms with Crippen molar-refractivity contribution in [2.45, 2.75) is 24.1 Å². The second-order valence-corrected chi connectivity index (χ2v) is 7.68. The molecule has 1 unspecified atom stereocenters. The molecule has 10 heteroatoms. The predicted molar refractivity (Wildman–Crippen MR) is 85.3 cm³/mol. The average molecular weight is 389 g/mol. The molecule has 0 spiro atoms. The Labute approximate surface area is 147 Å². The molecule has 3 rings (SSSR count). The highest BCUT2D eigenvalue weighted by atomic mass is 32.2. The van der Waals surface area contributed by atoms with Gasteiger partial charge in [-0.3, -0.25) is 9.53 Å². The van der Waals surface area contributed by atoms with Crippen molar-refractivity contribution in [3.8, 4) is 0 Å². The summed E-state index contributed by atoms with van der Waals surface area (Å²) >= 11 is 0. The standard InChI is InChI=1S/C16H14F3NO5S/c1-24-12-6-8-15(9-7-12,25-16(17,18)19)26(22,23)20-13-5-3-2-4-11(13)10-14(20)21/h2-8H,9-10H2,1H3. The number of ether oxygens (including phenoxy) is 2. The SMILES string of the molecule is COC1=CCC(OC(F)(F)F)(S(=O)(=O)N2C(=O)Cc3ccccc32)C=C1. The van der Waals surface area contributed by atoms with Gasteiger partial charge >= 0.3 is 6.36 Å². The van der Waals surface area contributed by atoms with E-state index in [4.69, 9.17) is 4.74 Å². The second-order valence-electron chi connectivity index (χ2n) is 5.68. The monoisotopic (exact) mass is 389 g/mol. The summed E-state index contributed by atoms with van der Waals surface area (Å²) in [6.45, 7) is 0. The van der Waals surface area contributed by atoms with Crippen LogP contribution in [0.2, 0.25) is 0 Å². The van der Waals surface area contributed by atoms with Gasteiger partial charge in [-0.15, -0.1) is 13.2 Å². The van der Waals surface area contributed by atoms with Gasteiger partial charge in [0.1, 0.15) is 5.76 Å². The van der Waals surface area contributed by atoms with Crippen LogP contribution in [0.15, 0.2) is 48.3 Å². The summed E-state index contributed by atoms with van der Waals surface area (Å²) in [6, 6.07) is 6.01. The van der Waals surface area contributed by atoms with Crippen LogP contribution in [0.4, 0.5) is 18.9 Å². The van der Waals surface area contributed by atoms with E-state index >= 15 is 0 Å². The van der Waals surface area contributed by atoms with Gasteiger partial charge in [0.2, 0.25) is 10.8 Å². The van der Waals surface area contributed by atoms with E-state index in [0.29, 0.717) is 9.87 Å². The quantitative estimate of drug-likeness (QED) is 0.792. The minimum atomic E-state index is -5.24. The number of carbonyl (C=O) groups excluding carboxylic acids is 1. The average Bonchev–Trinajstić information content (AvgIpc) is 2.90. The number of methoxy groups -OCH3 is 1. The first kappa shape index (κ1) is 18.5. The third kappa shape index (κ3) is 2.99. The number of allylic oxidation sites excluding steroid dienone is 1. The van der Waals surface area contributed by atoms with Gasteiger partial charge < -0.3 is 4.74 Å². The minimum Gasteiger partial charge on any atom is -0.497 e. The molecule has 1 aliphatic carbocycles. The van der Waals surface area contributed by atoms with Crippen molar-refractivity contribution in [1.29, 1.82) is 0 Å². The third-order valence-electron chi connectivity index (χ3n) is 4.07. The number of anilines is 1. The number of halogens is 3. The van der Waals surface area contributed by atoms with Gasteiger partial charge in [-0.1, -0.05) is 18.2 Å². The molecule has 0 aromatic heterocycles. The van der Waals surface area contributed by atoms with Gasteiger partial charge in [-0.05, 0) is 29.9 Å². The number of alkyl halides is 3. The minimum absolute atomic E-state index is 0.0255. The van der Waals surface area contributed by atoms with Crippen molar-refractivity contribution in [3.63, 3.8) is 0 Å².